The molecule has 8 heteroatoms. The molecule has 0 atom stereocenters. The molecular formula is C19H25FN4O2S. The molecule has 0 spiro atoms. The second-order valence-electron chi connectivity index (χ2n) is 6.01. The number of sulfonamides is 1. The highest BCUT2D eigenvalue weighted by Gasteiger charge is 2.12. The summed E-state index contributed by atoms with van der Waals surface area (Å²) in [4.78, 5) is 6.67. The molecule has 0 saturated heterocycles. The Morgan fingerprint density at radius 1 is 1.15 bits per heavy atom. The minimum atomic E-state index is -3.49. The van der Waals surface area contributed by atoms with Crippen molar-refractivity contribution in [2.45, 2.75) is 24.9 Å². The summed E-state index contributed by atoms with van der Waals surface area (Å²) in [6, 6.07) is 13.1. The third kappa shape index (κ3) is 6.04. The van der Waals surface area contributed by atoms with Gasteiger partial charge in [0.05, 0.1) is 11.4 Å². The molecular weight excluding hydrogens is 367 g/mol. The Hall–Kier alpha value is -2.45. The minimum absolute atomic E-state index is 0.204. The van der Waals surface area contributed by atoms with E-state index in [2.05, 4.69) is 15.0 Å². The number of hydrogen-bond donors (Lipinski definition) is 2. The SMILES string of the molecule is CCNC(=NCc1cccc(S(=O)(=O)NC)c1)N(C)Cc1cccc(F)c1. The van der Waals surface area contributed by atoms with Crippen LogP contribution < -0.4 is 10.0 Å². The van der Waals surface area contributed by atoms with Crippen LogP contribution in [0.25, 0.3) is 0 Å². The quantitative estimate of drug-likeness (QED) is 0.560. The molecule has 2 aromatic carbocycles. The standard InChI is InChI=1S/C19H25FN4O2S/c1-4-22-19(24(3)14-16-8-5-9-17(20)11-16)23-13-15-7-6-10-18(12-15)27(25,26)21-2/h5-12,21H,4,13-14H2,1-3H3,(H,22,23). The first-order chi connectivity index (χ1) is 12.9. The third-order valence-corrected chi connectivity index (χ3v) is 5.31. The molecule has 0 unspecified atom stereocenters. The summed E-state index contributed by atoms with van der Waals surface area (Å²) in [7, 11) is -0.242. The molecule has 2 rings (SSSR count). The third-order valence-electron chi connectivity index (χ3n) is 3.89. The Kier molecular flexibility index (Phi) is 7.32. The van der Waals surface area contributed by atoms with Gasteiger partial charge in [-0.15, -0.1) is 0 Å². The van der Waals surface area contributed by atoms with Gasteiger partial charge in [-0.25, -0.2) is 22.5 Å². The van der Waals surface area contributed by atoms with Crippen molar-refractivity contribution >= 4 is 16.0 Å². The molecule has 2 aromatic rings. The predicted octanol–water partition coefficient (Wildman–Crippen LogP) is 2.33. The van der Waals surface area contributed by atoms with E-state index in [0.29, 0.717) is 25.6 Å². The lowest BCUT2D eigenvalue weighted by Crippen LogP contribution is -2.38. The number of rotatable bonds is 7. The molecule has 0 saturated carbocycles. The summed E-state index contributed by atoms with van der Waals surface area (Å²) < 4.78 is 39.6. The zero-order chi connectivity index (χ0) is 19.9. The van der Waals surface area contributed by atoms with Gasteiger partial charge in [0.2, 0.25) is 10.0 Å². The highest BCUT2D eigenvalue weighted by atomic mass is 32.2. The summed E-state index contributed by atoms with van der Waals surface area (Å²) in [5.41, 5.74) is 1.62. The minimum Gasteiger partial charge on any atom is -0.357 e. The first kappa shape index (κ1) is 20.9. The summed E-state index contributed by atoms with van der Waals surface area (Å²) in [5, 5.41) is 3.20. The molecule has 0 amide bonds. The number of nitrogens with zero attached hydrogens (tertiary/aromatic N) is 2. The molecule has 146 valence electrons. The zero-order valence-corrected chi connectivity index (χ0v) is 16.6. The molecule has 0 aromatic heterocycles. The van der Waals surface area contributed by atoms with Gasteiger partial charge < -0.3 is 10.2 Å². The van der Waals surface area contributed by atoms with Crippen molar-refractivity contribution in [2.24, 2.45) is 4.99 Å². The molecule has 0 fully saturated rings. The van der Waals surface area contributed by atoms with Crippen molar-refractivity contribution in [3.05, 3.63) is 65.5 Å². The Morgan fingerprint density at radius 3 is 2.52 bits per heavy atom. The number of nitrogens with one attached hydrogen (secondary N) is 2. The van der Waals surface area contributed by atoms with Gasteiger partial charge in [-0.05, 0) is 49.4 Å². The Balaban J connectivity index is 2.16. The van der Waals surface area contributed by atoms with Gasteiger partial charge in [0.25, 0.3) is 0 Å². The number of halogens is 1. The van der Waals surface area contributed by atoms with Gasteiger partial charge in [-0.2, -0.15) is 0 Å². The smallest absolute Gasteiger partial charge is 0.240 e. The molecule has 0 aliphatic carbocycles. The lowest BCUT2D eigenvalue weighted by atomic mass is 10.2. The first-order valence-electron chi connectivity index (χ1n) is 8.62. The Morgan fingerprint density at radius 2 is 1.85 bits per heavy atom. The van der Waals surface area contributed by atoms with E-state index in [9.17, 15) is 12.8 Å². The van der Waals surface area contributed by atoms with Crippen LogP contribution in [0.15, 0.2) is 58.4 Å². The van der Waals surface area contributed by atoms with Crippen LogP contribution in [-0.4, -0.2) is 39.9 Å². The van der Waals surface area contributed by atoms with Crippen molar-refractivity contribution in [1.82, 2.24) is 14.9 Å². The fraction of sp³-hybridized carbons (Fsp3) is 0.316. The van der Waals surface area contributed by atoms with Crippen molar-refractivity contribution in [1.29, 1.82) is 0 Å². The lowest BCUT2D eigenvalue weighted by Gasteiger charge is -2.22. The Labute approximate surface area is 160 Å². The molecule has 6 nitrogen and oxygen atoms in total. The molecule has 0 aliphatic heterocycles. The van der Waals surface area contributed by atoms with E-state index < -0.39 is 10.0 Å². The second kappa shape index (κ2) is 9.48. The van der Waals surface area contributed by atoms with E-state index in [4.69, 9.17) is 0 Å². The number of benzene rings is 2. The summed E-state index contributed by atoms with van der Waals surface area (Å²) >= 11 is 0. The van der Waals surface area contributed by atoms with Crippen LogP contribution in [0, 0.1) is 5.82 Å². The van der Waals surface area contributed by atoms with E-state index in [0.717, 1.165) is 11.1 Å². The van der Waals surface area contributed by atoms with E-state index >= 15 is 0 Å². The van der Waals surface area contributed by atoms with Crippen molar-refractivity contribution in [3.8, 4) is 0 Å². The number of aliphatic imine (C=N–C) groups is 1. The second-order valence-corrected chi connectivity index (χ2v) is 7.90. The van der Waals surface area contributed by atoms with E-state index in [1.54, 1.807) is 24.3 Å². The first-order valence-corrected chi connectivity index (χ1v) is 10.1. The van der Waals surface area contributed by atoms with E-state index in [1.165, 1.54) is 19.2 Å². The van der Waals surface area contributed by atoms with Gasteiger partial charge in [0, 0.05) is 20.1 Å². The van der Waals surface area contributed by atoms with Gasteiger partial charge in [0.1, 0.15) is 5.82 Å². The van der Waals surface area contributed by atoms with Crippen LogP contribution in [0.5, 0.6) is 0 Å². The highest BCUT2D eigenvalue weighted by Crippen LogP contribution is 2.12. The van der Waals surface area contributed by atoms with Crippen LogP contribution in [0.2, 0.25) is 0 Å². The lowest BCUT2D eigenvalue weighted by molar-refractivity contribution is 0.474. The van der Waals surface area contributed by atoms with Gasteiger partial charge >= 0.3 is 0 Å². The largest absolute Gasteiger partial charge is 0.357 e. The topological polar surface area (TPSA) is 73.8 Å². The summed E-state index contributed by atoms with van der Waals surface area (Å²) in [5.74, 6) is 0.383. The van der Waals surface area contributed by atoms with Crippen molar-refractivity contribution < 1.29 is 12.8 Å². The fourth-order valence-electron chi connectivity index (χ4n) is 2.55. The normalized spacial score (nSPS) is 12.1. The molecule has 0 aliphatic rings. The zero-order valence-electron chi connectivity index (χ0n) is 15.7. The van der Waals surface area contributed by atoms with Crippen LogP contribution in [0.1, 0.15) is 18.1 Å². The van der Waals surface area contributed by atoms with Crippen LogP contribution in [0.3, 0.4) is 0 Å². The average molecular weight is 393 g/mol. The summed E-state index contributed by atoms with van der Waals surface area (Å²) in [6.07, 6.45) is 0. The van der Waals surface area contributed by atoms with E-state index in [-0.39, 0.29) is 10.7 Å². The van der Waals surface area contributed by atoms with Crippen molar-refractivity contribution in [3.63, 3.8) is 0 Å². The molecule has 2 N–H and O–H groups in total. The van der Waals surface area contributed by atoms with Gasteiger partial charge in [-0.3, -0.25) is 0 Å². The maximum Gasteiger partial charge on any atom is 0.240 e. The van der Waals surface area contributed by atoms with Crippen LogP contribution in [-0.2, 0) is 23.1 Å². The monoisotopic (exact) mass is 392 g/mol. The fourth-order valence-corrected chi connectivity index (χ4v) is 3.35. The number of guanidine groups is 1. The van der Waals surface area contributed by atoms with Gasteiger partial charge in [0.15, 0.2) is 5.96 Å². The average Bonchev–Trinajstić information content (AvgIpc) is 2.65. The number of hydrogen-bond acceptors (Lipinski definition) is 3. The molecule has 0 bridgehead atoms. The van der Waals surface area contributed by atoms with E-state index in [1.807, 2.05) is 31.0 Å². The predicted molar refractivity (Wildman–Crippen MR) is 105 cm³/mol. The molecule has 27 heavy (non-hydrogen) atoms. The molecule has 0 radical (unpaired) electrons. The van der Waals surface area contributed by atoms with Crippen LogP contribution in [0.4, 0.5) is 4.39 Å². The highest BCUT2D eigenvalue weighted by molar-refractivity contribution is 7.89. The molecule has 0 heterocycles. The summed E-state index contributed by atoms with van der Waals surface area (Å²) in [6.45, 7) is 3.47. The maximum atomic E-state index is 13.4. The van der Waals surface area contributed by atoms with Crippen molar-refractivity contribution in [2.75, 3.05) is 20.6 Å². The van der Waals surface area contributed by atoms with Crippen LogP contribution >= 0.6 is 0 Å². The maximum absolute atomic E-state index is 13.4. The van der Waals surface area contributed by atoms with Gasteiger partial charge in [-0.1, -0.05) is 24.3 Å². The Bertz CT molecular complexity index is 900.